The molecule has 1 atom stereocenters. The monoisotopic (exact) mass is 267 g/mol. The number of aryl methyl sites for hydroxylation is 2. The van der Waals surface area contributed by atoms with Gasteiger partial charge in [-0.1, -0.05) is 18.2 Å². The van der Waals surface area contributed by atoms with E-state index in [-0.39, 0.29) is 5.97 Å². The summed E-state index contributed by atoms with van der Waals surface area (Å²) in [6.45, 7) is 6.37. The fourth-order valence-electron chi connectivity index (χ4n) is 1.51. The summed E-state index contributed by atoms with van der Waals surface area (Å²) in [6.07, 6.45) is 0. The molecule has 1 aromatic rings. The third-order valence-corrected chi connectivity index (χ3v) is 3.86. The average molecular weight is 267 g/mol. The summed E-state index contributed by atoms with van der Waals surface area (Å²) in [5, 5.41) is 0. The molecule has 0 unspecified atom stereocenters. The van der Waals surface area contributed by atoms with E-state index < -0.39 is 6.04 Å². The van der Waals surface area contributed by atoms with Crippen molar-refractivity contribution in [1.29, 1.82) is 0 Å². The fraction of sp³-hybridized carbons (Fsp3) is 0.500. The molecule has 0 aliphatic carbocycles. The van der Waals surface area contributed by atoms with Crippen molar-refractivity contribution < 1.29 is 9.53 Å². The van der Waals surface area contributed by atoms with Crippen molar-refractivity contribution in [3.8, 4) is 0 Å². The Labute approximate surface area is 113 Å². The number of benzene rings is 1. The second-order valence-corrected chi connectivity index (χ2v) is 5.32. The number of nitrogens with two attached hydrogens (primary N) is 1. The van der Waals surface area contributed by atoms with Crippen LogP contribution in [0.3, 0.4) is 0 Å². The van der Waals surface area contributed by atoms with Crippen LogP contribution in [0, 0.1) is 13.8 Å². The molecule has 1 rings (SSSR count). The van der Waals surface area contributed by atoms with Crippen molar-refractivity contribution in [1.82, 2.24) is 0 Å². The highest BCUT2D eigenvalue weighted by Gasteiger charge is 2.14. The second kappa shape index (κ2) is 7.44. The number of carbonyl (C=O) groups is 1. The van der Waals surface area contributed by atoms with Gasteiger partial charge in [-0.15, -0.1) is 0 Å². The zero-order valence-electron chi connectivity index (χ0n) is 11.2. The summed E-state index contributed by atoms with van der Waals surface area (Å²) in [5.41, 5.74) is 9.58. The van der Waals surface area contributed by atoms with E-state index in [1.54, 1.807) is 18.7 Å². The summed E-state index contributed by atoms with van der Waals surface area (Å²) < 4.78 is 4.86. The van der Waals surface area contributed by atoms with E-state index in [1.165, 1.54) is 16.7 Å². The van der Waals surface area contributed by atoms with Gasteiger partial charge in [0.05, 0.1) is 6.61 Å². The van der Waals surface area contributed by atoms with Crippen LogP contribution in [0.1, 0.15) is 23.6 Å². The summed E-state index contributed by atoms with van der Waals surface area (Å²) in [6, 6.07) is 5.89. The number of thioether (sulfide) groups is 1. The average Bonchev–Trinajstić information content (AvgIpc) is 2.34. The van der Waals surface area contributed by atoms with Gasteiger partial charge < -0.3 is 10.5 Å². The quantitative estimate of drug-likeness (QED) is 0.804. The molecule has 2 N–H and O–H groups in total. The zero-order chi connectivity index (χ0) is 13.5. The molecule has 0 radical (unpaired) electrons. The minimum atomic E-state index is -0.526. The van der Waals surface area contributed by atoms with Gasteiger partial charge in [0, 0.05) is 11.5 Å². The first-order valence-corrected chi connectivity index (χ1v) is 7.26. The molecule has 18 heavy (non-hydrogen) atoms. The molecule has 0 amide bonds. The lowest BCUT2D eigenvalue weighted by Crippen LogP contribution is -2.34. The maximum absolute atomic E-state index is 11.3. The van der Waals surface area contributed by atoms with Gasteiger partial charge in [0.1, 0.15) is 6.04 Å². The molecule has 0 aliphatic rings. The van der Waals surface area contributed by atoms with E-state index in [4.69, 9.17) is 10.5 Å². The maximum Gasteiger partial charge on any atom is 0.323 e. The van der Waals surface area contributed by atoms with Crippen LogP contribution in [0.25, 0.3) is 0 Å². The van der Waals surface area contributed by atoms with Crippen LogP contribution in [0.4, 0.5) is 0 Å². The number of rotatable bonds is 6. The fourth-order valence-corrected chi connectivity index (χ4v) is 2.44. The Balaban J connectivity index is 2.37. The van der Waals surface area contributed by atoms with Gasteiger partial charge in [0.2, 0.25) is 0 Å². The molecular weight excluding hydrogens is 246 g/mol. The number of hydrogen-bond donors (Lipinski definition) is 1. The van der Waals surface area contributed by atoms with Gasteiger partial charge in [0.15, 0.2) is 0 Å². The minimum Gasteiger partial charge on any atom is -0.465 e. The lowest BCUT2D eigenvalue weighted by molar-refractivity contribution is -0.144. The number of hydrogen-bond acceptors (Lipinski definition) is 4. The van der Waals surface area contributed by atoms with Crippen LogP contribution in [-0.4, -0.2) is 24.4 Å². The zero-order valence-corrected chi connectivity index (χ0v) is 12.0. The highest BCUT2D eigenvalue weighted by molar-refractivity contribution is 7.98. The third-order valence-electron chi connectivity index (χ3n) is 2.73. The van der Waals surface area contributed by atoms with Crippen LogP contribution in [0.15, 0.2) is 18.2 Å². The molecule has 0 spiro atoms. The molecule has 0 fully saturated rings. The van der Waals surface area contributed by atoms with Gasteiger partial charge in [-0.3, -0.25) is 4.79 Å². The molecule has 4 heteroatoms. The van der Waals surface area contributed by atoms with Gasteiger partial charge in [0.25, 0.3) is 0 Å². The first-order valence-electron chi connectivity index (χ1n) is 6.10. The summed E-state index contributed by atoms with van der Waals surface area (Å²) in [4.78, 5) is 11.3. The lowest BCUT2D eigenvalue weighted by Gasteiger charge is -2.10. The van der Waals surface area contributed by atoms with E-state index in [0.717, 1.165) is 5.75 Å². The topological polar surface area (TPSA) is 52.3 Å². The number of ether oxygens (including phenoxy) is 1. The van der Waals surface area contributed by atoms with Gasteiger partial charge >= 0.3 is 5.97 Å². The Kier molecular flexibility index (Phi) is 6.22. The molecule has 0 saturated heterocycles. The van der Waals surface area contributed by atoms with Crippen molar-refractivity contribution in [2.24, 2.45) is 5.73 Å². The maximum atomic E-state index is 11.3. The Morgan fingerprint density at radius 3 is 2.72 bits per heavy atom. The predicted molar refractivity (Wildman–Crippen MR) is 76.7 cm³/mol. The molecule has 0 bridgehead atoms. The van der Waals surface area contributed by atoms with Crippen LogP contribution in [0.2, 0.25) is 0 Å². The lowest BCUT2D eigenvalue weighted by atomic mass is 10.1. The number of carbonyl (C=O) groups excluding carboxylic acids is 1. The first-order chi connectivity index (χ1) is 8.54. The van der Waals surface area contributed by atoms with E-state index in [0.29, 0.717) is 12.4 Å². The van der Waals surface area contributed by atoms with E-state index in [2.05, 4.69) is 32.0 Å². The molecule has 3 nitrogen and oxygen atoms in total. The molecule has 1 aromatic carbocycles. The van der Waals surface area contributed by atoms with E-state index in [1.807, 2.05) is 0 Å². The Bertz CT molecular complexity index is 407. The number of esters is 1. The van der Waals surface area contributed by atoms with Crippen molar-refractivity contribution in [3.05, 3.63) is 34.9 Å². The third kappa shape index (κ3) is 4.70. The smallest absolute Gasteiger partial charge is 0.323 e. The van der Waals surface area contributed by atoms with E-state index in [9.17, 15) is 4.79 Å². The van der Waals surface area contributed by atoms with Crippen molar-refractivity contribution in [2.45, 2.75) is 32.6 Å². The van der Waals surface area contributed by atoms with Crippen LogP contribution in [0.5, 0.6) is 0 Å². The Morgan fingerprint density at radius 1 is 1.39 bits per heavy atom. The SMILES string of the molecule is CCOC(=O)[C@@H](N)CSCc1ccc(C)c(C)c1. The van der Waals surface area contributed by atoms with Gasteiger partial charge in [-0.05, 0) is 37.5 Å². The highest BCUT2D eigenvalue weighted by atomic mass is 32.2. The molecule has 0 heterocycles. The van der Waals surface area contributed by atoms with Gasteiger partial charge in [-0.25, -0.2) is 0 Å². The van der Waals surface area contributed by atoms with Crippen LogP contribution >= 0.6 is 11.8 Å². The highest BCUT2D eigenvalue weighted by Crippen LogP contribution is 2.16. The van der Waals surface area contributed by atoms with Crippen LogP contribution in [-0.2, 0) is 15.3 Å². The standard InChI is InChI=1S/C14H21NO2S/c1-4-17-14(16)13(15)9-18-8-12-6-5-10(2)11(3)7-12/h5-7,13H,4,8-9,15H2,1-3H3/t13-/m0/s1. The van der Waals surface area contributed by atoms with Crippen molar-refractivity contribution in [3.63, 3.8) is 0 Å². The Morgan fingerprint density at radius 2 is 2.11 bits per heavy atom. The molecule has 100 valence electrons. The molecule has 0 aliphatic heterocycles. The summed E-state index contributed by atoms with van der Waals surface area (Å²) in [7, 11) is 0. The minimum absolute atomic E-state index is 0.315. The predicted octanol–water partition coefficient (Wildman–Crippen LogP) is 2.43. The van der Waals surface area contributed by atoms with Crippen molar-refractivity contribution >= 4 is 17.7 Å². The molecular formula is C14H21NO2S. The summed E-state index contributed by atoms with van der Waals surface area (Å²) in [5.74, 6) is 1.14. The second-order valence-electron chi connectivity index (χ2n) is 4.29. The largest absolute Gasteiger partial charge is 0.465 e. The van der Waals surface area contributed by atoms with E-state index >= 15 is 0 Å². The normalized spacial score (nSPS) is 12.2. The Hall–Kier alpha value is -1.00. The molecule has 0 saturated carbocycles. The van der Waals surface area contributed by atoms with Crippen LogP contribution < -0.4 is 5.73 Å². The molecule has 0 aromatic heterocycles. The van der Waals surface area contributed by atoms with Crippen molar-refractivity contribution in [2.75, 3.05) is 12.4 Å². The first kappa shape index (κ1) is 15.1. The summed E-state index contributed by atoms with van der Waals surface area (Å²) >= 11 is 1.66. The van der Waals surface area contributed by atoms with Gasteiger partial charge in [-0.2, -0.15) is 11.8 Å².